The highest BCUT2D eigenvalue weighted by Gasteiger charge is 2.52. The quantitative estimate of drug-likeness (QED) is 0.0813. The van der Waals surface area contributed by atoms with E-state index in [0.29, 0.717) is 0 Å². The average molecular weight is 784 g/mol. The molecule has 1 aromatic heterocycles. The van der Waals surface area contributed by atoms with Crippen LogP contribution in [0.4, 0.5) is 89.1 Å². The Kier molecular flexibility index (Phi) is 11.2. The Bertz CT molecular complexity index is 2000. The van der Waals surface area contributed by atoms with Crippen LogP contribution in [-0.4, -0.2) is 25.2 Å². The van der Waals surface area contributed by atoms with Crippen LogP contribution in [-0.2, 0) is 0 Å². The van der Waals surface area contributed by atoms with E-state index in [1.54, 1.807) is 0 Å². The molecule has 0 aliphatic heterocycles. The summed E-state index contributed by atoms with van der Waals surface area (Å²) in [6.07, 6.45) is -7.08. The second kappa shape index (κ2) is 14.6. The first-order chi connectivity index (χ1) is 24.6. The third-order valence-corrected chi connectivity index (χ3v) is 7.85. The maximum atomic E-state index is 15.3. The average Bonchev–Trinajstić information content (AvgIpc) is 3.13. The summed E-state index contributed by atoms with van der Waals surface area (Å²) in [5.74, 6) is -65.9. The van der Waals surface area contributed by atoms with E-state index in [9.17, 15) is 48.3 Å². The van der Waals surface area contributed by atoms with E-state index in [1.807, 2.05) is 11.1 Å². The number of rotatable bonds is 5. The van der Waals surface area contributed by atoms with Crippen LogP contribution in [0.5, 0.6) is 0 Å². The summed E-state index contributed by atoms with van der Waals surface area (Å²) < 4.78 is 279. The van der Waals surface area contributed by atoms with Gasteiger partial charge in [0.05, 0.1) is 14.1 Å². The van der Waals surface area contributed by atoms with Crippen LogP contribution in [0.15, 0.2) is 30.3 Å². The van der Waals surface area contributed by atoms with E-state index in [1.165, 1.54) is 10.6 Å². The van der Waals surface area contributed by atoms with Gasteiger partial charge in [-0.15, -0.1) is 21.9 Å². The molecule has 0 amide bonds. The molecule has 1 N–H and O–H groups in total. The lowest BCUT2D eigenvalue weighted by atomic mass is 9.12. The van der Waals surface area contributed by atoms with Gasteiger partial charge in [-0.05, 0) is 12.1 Å². The molecule has 0 unspecified atom stereocenters. The molecule has 0 saturated heterocycles. The molecule has 0 fully saturated rings. The number of halogens is 19. The number of nitrogens with zero attached hydrogens (tertiary/aromatic N) is 1. The first-order valence-electron chi connectivity index (χ1n) is 13.9. The number of benzene rings is 4. The van der Waals surface area contributed by atoms with Crippen LogP contribution in [0.2, 0.25) is 0 Å². The van der Waals surface area contributed by atoms with Gasteiger partial charge in [0.25, 0.3) is 0 Å². The van der Waals surface area contributed by atoms with Gasteiger partial charge >= 0.3 is 0 Å². The predicted octanol–water partition coefficient (Wildman–Crippen LogP) is 5.56. The van der Waals surface area contributed by atoms with E-state index in [4.69, 9.17) is 0 Å². The molecule has 0 aliphatic carbocycles. The molecule has 0 saturated carbocycles. The van der Waals surface area contributed by atoms with Gasteiger partial charge in [0.1, 0.15) is 58.4 Å². The molecule has 282 valence electrons. The van der Waals surface area contributed by atoms with Crippen molar-refractivity contribution in [1.29, 1.82) is 0 Å². The van der Waals surface area contributed by atoms with Crippen molar-refractivity contribution in [1.82, 2.24) is 4.98 Å². The van der Waals surface area contributed by atoms with Crippen molar-refractivity contribution in [2.45, 2.75) is 0 Å². The predicted molar refractivity (Wildman–Crippen MR) is 146 cm³/mol. The summed E-state index contributed by atoms with van der Waals surface area (Å²) in [6.45, 7) is 0. The largest absolute Gasteiger partial charge is 0.307 e. The van der Waals surface area contributed by atoms with Gasteiger partial charge in [0.15, 0.2) is 52.4 Å². The van der Waals surface area contributed by atoms with Crippen LogP contribution < -0.4 is 26.8 Å². The fraction of sp³-hybridized carbons (Fsp3) is 0.0645. The number of hydrogen-bond donors (Lipinski definition) is 1. The normalized spacial score (nSPS) is 11.7. The highest BCUT2D eigenvalue weighted by atomic mass is 19.2. The number of aromatic nitrogens is 1. The third kappa shape index (κ3) is 6.21. The highest BCUT2D eigenvalue weighted by Crippen LogP contribution is 2.29. The maximum absolute atomic E-state index is 15.3. The minimum Gasteiger partial charge on any atom is -0.307 e. The fourth-order valence-electron chi connectivity index (χ4n) is 5.53. The molecule has 22 heteroatoms. The monoisotopic (exact) mass is 784 g/mol. The van der Waals surface area contributed by atoms with Crippen molar-refractivity contribution >= 4 is 33.7 Å². The Morgan fingerprint density at radius 2 is 0.566 bits per heavy atom. The van der Waals surface area contributed by atoms with Crippen molar-refractivity contribution in [2.24, 2.45) is 0 Å². The van der Waals surface area contributed by atoms with Crippen LogP contribution in [0, 0.1) is 111 Å². The van der Waals surface area contributed by atoms with Crippen LogP contribution in [0.1, 0.15) is 0 Å². The number of pyridine rings is 1. The third-order valence-electron chi connectivity index (χ3n) is 7.85. The highest BCUT2D eigenvalue weighted by molar-refractivity contribution is 7.20. The fourth-order valence-corrected chi connectivity index (χ4v) is 5.53. The van der Waals surface area contributed by atoms with Crippen molar-refractivity contribution in [2.75, 3.05) is 14.1 Å². The smallest absolute Gasteiger partial charge is 0.248 e. The lowest BCUT2D eigenvalue weighted by Crippen LogP contribution is -3.00. The Labute approximate surface area is 282 Å². The van der Waals surface area contributed by atoms with Crippen molar-refractivity contribution < 1.29 is 88.3 Å². The SMILES string of the molecule is C[NH+](C)c1ccccc1.Fc1nc(F)c(F)c([B-](c2c(F)c(F)c(F)c(F)c2F)(c2c(F)c(F)c(F)c(F)c2F)c2c(F)c(F)c(F)c(F)c2F)c1F. The molecule has 0 bridgehead atoms. The molecule has 0 atom stereocenters. The summed E-state index contributed by atoms with van der Waals surface area (Å²) in [4.78, 5) is 3.22. The summed E-state index contributed by atoms with van der Waals surface area (Å²) in [7, 11) is 4.24. The lowest BCUT2D eigenvalue weighted by molar-refractivity contribution is -0.786. The van der Waals surface area contributed by atoms with E-state index in [0.717, 1.165) is 0 Å². The topological polar surface area (TPSA) is 17.3 Å². The van der Waals surface area contributed by atoms with Gasteiger partial charge in [-0.1, -0.05) is 18.2 Å². The number of para-hydroxylation sites is 1. The Hall–Kier alpha value is -5.28. The summed E-state index contributed by atoms with van der Waals surface area (Å²) in [6, 6.07) is 10.4. The minimum absolute atomic E-state index is 1.33. The molecule has 4 aromatic carbocycles. The lowest BCUT2D eigenvalue weighted by Gasteiger charge is -2.44. The van der Waals surface area contributed by atoms with Crippen molar-refractivity contribution in [3.63, 3.8) is 0 Å². The van der Waals surface area contributed by atoms with Gasteiger partial charge < -0.3 is 4.90 Å². The Morgan fingerprint density at radius 3 is 0.792 bits per heavy atom. The second-order valence-corrected chi connectivity index (χ2v) is 10.9. The van der Waals surface area contributed by atoms with Gasteiger partial charge in [0, 0.05) is 0 Å². The first kappa shape index (κ1) is 40.5. The number of quaternary nitrogens is 1. The Balaban J connectivity index is 0.000000608. The van der Waals surface area contributed by atoms with Gasteiger partial charge in [0.2, 0.25) is 11.9 Å². The first-order valence-corrected chi connectivity index (χ1v) is 13.9. The molecular weight excluding hydrogens is 772 g/mol. The van der Waals surface area contributed by atoms with Gasteiger partial charge in [-0.25, -0.2) is 74.6 Å². The van der Waals surface area contributed by atoms with E-state index in [-0.39, 0.29) is 0 Å². The zero-order chi connectivity index (χ0) is 40.2. The molecule has 5 aromatic rings. The van der Waals surface area contributed by atoms with E-state index >= 15 is 35.1 Å². The second-order valence-electron chi connectivity index (χ2n) is 10.9. The molecule has 5 rings (SSSR count). The van der Waals surface area contributed by atoms with Crippen LogP contribution in [0.3, 0.4) is 0 Å². The molecule has 2 nitrogen and oxygen atoms in total. The number of hydrogen-bond acceptors (Lipinski definition) is 1. The van der Waals surface area contributed by atoms with Crippen LogP contribution in [0.25, 0.3) is 0 Å². The summed E-state index contributed by atoms with van der Waals surface area (Å²) >= 11 is 0. The summed E-state index contributed by atoms with van der Waals surface area (Å²) in [5, 5.41) is 0. The molecule has 1 heterocycles. The standard InChI is InChI=1S/C23BF19N.C8H11N/c25-5-1(6(26)14(34)19(39)13(5)33)24(4-11(31)22(42)44-23(43)12(4)32,2-7(27)15(35)20(40)16(36)8(2)28)3-9(29)17(37)21(41)18(38)10(3)30;1-9(2)8-6-4-3-5-7-8/h;3-7H,1-2H3/q-1;/p+1. The molecule has 53 heavy (non-hydrogen) atoms. The van der Waals surface area contributed by atoms with E-state index in [2.05, 4.69) is 38.4 Å². The maximum Gasteiger partial charge on any atom is 0.248 e. The zero-order valence-electron chi connectivity index (χ0n) is 25.6. The Morgan fingerprint density at radius 1 is 0.340 bits per heavy atom. The molecule has 0 radical (unpaired) electrons. The van der Waals surface area contributed by atoms with Crippen molar-refractivity contribution in [3.8, 4) is 0 Å². The van der Waals surface area contributed by atoms with Gasteiger partial charge in [-0.3, -0.25) is 0 Å². The minimum atomic E-state index is -7.08. The number of nitrogens with one attached hydrogen (secondary N) is 1. The molecule has 0 spiro atoms. The van der Waals surface area contributed by atoms with E-state index < -0.39 is 139 Å². The molecular formula is C31H12BF19N2. The summed E-state index contributed by atoms with van der Waals surface area (Å²) in [5.41, 5.74) is -12.6. The zero-order valence-corrected chi connectivity index (χ0v) is 25.6. The van der Waals surface area contributed by atoms with Crippen LogP contribution >= 0.6 is 0 Å². The molecule has 0 aliphatic rings. The van der Waals surface area contributed by atoms with Gasteiger partial charge in [-0.2, -0.15) is 13.8 Å². The van der Waals surface area contributed by atoms with Crippen molar-refractivity contribution in [3.05, 3.63) is 141 Å².